The molecule has 3 rings (SSSR count). The largest absolute Gasteiger partial charge is 0.341 e. The second-order valence-corrected chi connectivity index (χ2v) is 5.96. The van der Waals surface area contributed by atoms with Gasteiger partial charge in [-0.25, -0.2) is 0 Å². The molecule has 2 aromatic rings. The third kappa shape index (κ3) is 2.18. The maximum atomic E-state index is 12.0. The van der Waals surface area contributed by atoms with E-state index in [2.05, 4.69) is 30.5 Å². The number of halogens is 1. The molecule has 0 aliphatic heterocycles. The molecule has 0 saturated heterocycles. The van der Waals surface area contributed by atoms with Gasteiger partial charge in [-0.1, -0.05) is 23.7 Å². The number of nitrogens with zero attached hydrogens (tertiary/aromatic N) is 1. The molecule has 0 saturated carbocycles. The molecule has 2 nitrogen and oxygen atoms in total. The molecule has 1 aromatic heterocycles. The Morgan fingerprint density at radius 1 is 1.20 bits per heavy atom. The highest BCUT2D eigenvalue weighted by Gasteiger charge is 2.24. The minimum absolute atomic E-state index is 0.224. The van der Waals surface area contributed by atoms with Crippen LogP contribution in [0, 0.1) is 6.92 Å². The lowest BCUT2D eigenvalue weighted by Gasteiger charge is -2.22. The maximum absolute atomic E-state index is 12.0. The normalized spacial score (nSPS) is 16.1. The maximum Gasteiger partial charge on any atom is 0.164 e. The summed E-state index contributed by atoms with van der Waals surface area (Å²) in [5, 5.41) is 0.752. The van der Waals surface area contributed by atoms with Crippen molar-refractivity contribution in [1.29, 1.82) is 0 Å². The van der Waals surface area contributed by atoms with E-state index < -0.39 is 0 Å². The standard InChI is InChI=1S/C17H18ClNO/c1-11-10-15-16(4-3-5-17(15)20)19(11)12(2)13-6-8-14(18)9-7-13/h6-10,12H,3-5H2,1-2H3. The Morgan fingerprint density at radius 2 is 1.90 bits per heavy atom. The monoisotopic (exact) mass is 287 g/mol. The molecule has 0 spiro atoms. The van der Waals surface area contributed by atoms with Gasteiger partial charge in [0.2, 0.25) is 0 Å². The molecule has 1 atom stereocenters. The predicted molar refractivity (Wildman–Crippen MR) is 81.7 cm³/mol. The Balaban J connectivity index is 2.06. The van der Waals surface area contributed by atoms with Crippen LogP contribution in [0.2, 0.25) is 5.02 Å². The van der Waals surface area contributed by atoms with E-state index in [1.54, 1.807) is 0 Å². The molecule has 1 aliphatic rings. The first-order chi connectivity index (χ1) is 9.58. The van der Waals surface area contributed by atoms with Gasteiger partial charge in [0, 0.05) is 28.4 Å². The number of benzene rings is 1. The number of carbonyl (C=O) groups excluding carboxylic acids is 1. The fraction of sp³-hybridized carbons (Fsp3) is 0.353. The molecule has 0 fully saturated rings. The third-order valence-corrected chi connectivity index (χ3v) is 4.44. The summed E-state index contributed by atoms with van der Waals surface area (Å²) in [6.07, 6.45) is 2.64. The van der Waals surface area contributed by atoms with E-state index in [9.17, 15) is 4.79 Å². The van der Waals surface area contributed by atoms with Crippen LogP contribution in [0.25, 0.3) is 0 Å². The number of aromatic nitrogens is 1. The lowest BCUT2D eigenvalue weighted by atomic mass is 9.96. The van der Waals surface area contributed by atoms with Crippen LogP contribution in [0.1, 0.15) is 53.1 Å². The van der Waals surface area contributed by atoms with Gasteiger partial charge in [0.25, 0.3) is 0 Å². The zero-order valence-corrected chi connectivity index (χ0v) is 12.6. The molecule has 0 bridgehead atoms. The molecule has 0 N–H and O–H groups in total. The van der Waals surface area contributed by atoms with Crippen LogP contribution in [-0.4, -0.2) is 10.4 Å². The molecular formula is C17H18ClNO. The van der Waals surface area contributed by atoms with E-state index in [0.717, 1.165) is 29.1 Å². The Morgan fingerprint density at radius 3 is 2.60 bits per heavy atom. The average molecular weight is 288 g/mol. The zero-order valence-electron chi connectivity index (χ0n) is 11.8. The molecule has 0 amide bonds. The van der Waals surface area contributed by atoms with Crippen LogP contribution in [0.3, 0.4) is 0 Å². The fourth-order valence-corrected chi connectivity index (χ4v) is 3.31. The number of ketones is 1. The Hall–Kier alpha value is -1.54. The van der Waals surface area contributed by atoms with Crippen molar-refractivity contribution in [3.8, 4) is 0 Å². The van der Waals surface area contributed by atoms with Crippen LogP contribution < -0.4 is 0 Å². The highest BCUT2D eigenvalue weighted by atomic mass is 35.5. The fourth-order valence-electron chi connectivity index (χ4n) is 3.18. The van der Waals surface area contributed by atoms with Gasteiger partial charge in [-0.05, 0) is 50.5 Å². The Labute approximate surface area is 124 Å². The Bertz CT molecular complexity index is 654. The third-order valence-electron chi connectivity index (χ3n) is 4.19. The summed E-state index contributed by atoms with van der Waals surface area (Å²) in [7, 11) is 0. The zero-order chi connectivity index (χ0) is 14.3. The van der Waals surface area contributed by atoms with Crippen molar-refractivity contribution in [2.45, 2.75) is 39.2 Å². The van der Waals surface area contributed by atoms with Crippen molar-refractivity contribution in [3.63, 3.8) is 0 Å². The SMILES string of the molecule is Cc1cc2c(n1C(C)c1ccc(Cl)cc1)CCCC2=O. The van der Waals surface area contributed by atoms with Crippen LogP contribution in [0.15, 0.2) is 30.3 Å². The van der Waals surface area contributed by atoms with E-state index in [1.165, 1.54) is 11.3 Å². The van der Waals surface area contributed by atoms with Crippen LogP contribution >= 0.6 is 11.6 Å². The second kappa shape index (κ2) is 5.10. The van der Waals surface area contributed by atoms with Gasteiger partial charge in [-0.2, -0.15) is 0 Å². The first-order valence-corrected chi connectivity index (χ1v) is 7.45. The summed E-state index contributed by atoms with van der Waals surface area (Å²) in [5.74, 6) is 0.288. The van der Waals surface area contributed by atoms with Gasteiger partial charge in [0.05, 0.1) is 6.04 Å². The number of hydrogen-bond donors (Lipinski definition) is 0. The number of Topliss-reactive ketones (excluding diaryl/α,β-unsaturated/α-hetero) is 1. The van der Waals surface area contributed by atoms with Crippen LogP contribution in [0.4, 0.5) is 0 Å². The first-order valence-electron chi connectivity index (χ1n) is 7.07. The molecule has 1 heterocycles. The molecule has 3 heteroatoms. The predicted octanol–water partition coefficient (Wildman–Crippen LogP) is 4.58. The number of rotatable bonds is 2. The van der Waals surface area contributed by atoms with Gasteiger partial charge in [0.15, 0.2) is 5.78 Å². The first kappa shape index (κ1) is 13.4. The van der Waals surface area contributed by atoms with E-state index in [1.807, 2.05) is 18.2 Å². The lowest BCUT2D eigenvalue weighted by Crippen LogP contribution is -2.16. The van der Waals surface area contributed by atoms with Gasteiger partial charge in [0.1, 0.15) is 0 Å². The van der Waals surface area contributed by atoms with Crippen molar-refractivity contribution in [2.24, 2.45) is 0 Å². The molecular weight excluding hydrogens is 270 g/mol. The molecule has 0 radical (unpaired) electrons. The van der Waals surface area contributed by atoms with Crippen molar-refractivity contribution >= 4 is 17.4 Å². The molecule has 20 heavy (non-hydrogen) atoms. The number of carbonyl (C=O) groups is 1. The summed E-state index contributed by atoms with van der Waals surface area (Å²) >= 11 is 5.96. The van der Waals surface area contributed by atoms with Crippen molar-refractivity contribution in [1.82, 2.24) is 4.57 Å². The van der Waals surface area contributed by atoms with E-state index in [-0.39, 0.29) is 11.8 Å². The smallest absolute Gasteiger partial charge is 0.164 e. The quantitative estimate of drug-likeness (QED) is 0.792. The van der Waals surface area contributed by atoms with E-state index in [4.69, 9.17) is 11.6 Å². The summed E-state index contributed by atoms with van der Waals surface area (Å²) in [4.78, 5) is 12.0. The van der Waals surface area contributed by atoms with Gasteiger partial charge >= 0.3 is 0 Å². The minimum atomic E-state index is 0.224. The second-order valence-electron chi connectivity index (χ2n) is 5.52. The lowest BCUT2D eigenvalue weighted by molar-refractivity contribution is 0.0971. The molecule has 104 valence electrons. The molecule has 1 unspecified atom stereocenters. The van der Waals surface area contributed by atoms with Gasteiger partial charge in [-0.15, -0.1) is 0 Å². The average Bonchev–Trinajstić information content (AvgIpc) is 2.77. The molecule has 1 aliphatic carbocycles. The van der Waals surface area contributed by atoms with Gasteiger partial charge in [-0.3, -0.25) is 4.79 Å². The summed E-state index contributed by atoms with van der Waals surface area (Å²) in [5.41, 5.74) is 4.50. The van der Waals surface area contributed by atoms with Crippen molar-refractivity contribution in [2.75, 3.05) is 0 Å². The highest BCUT2D eigenvalue weighted by molar-refractivity contribution is 6.30. The Kier molecular flexibility index (Phi) is 3.43. The van der Waals surface area contributed by atoms with Crippen LogP contribution in [-0.2, 0) is 6.42 Å². The number of hydrogen-bond acceptors (Lipinski definition) is 1. The molecule has 1 aromatic carbocycles. The van der Waals surface area contributed by atoms with Gasteiger partial charge < -0.3 is 4.57 Å². The number of aryl methyl sites for hydroxylation is 1. The highest BCUT2D eigenvalue weighted by Crippen LogP contribution is 2.31. The van der Waals surface area contributed by atoms with Crippen LogP contribution in [0.5, 0.6) is 0 Å². The summed E-state index contributed by atoms with van der Waals surface area (Å²) in [6, 6.07) is 10.2. The van der Waals surface area contributed by atoms with E-state index in [0.29, 0.717) is 6.42 Å². The van der Waals surface area contributed by atoms with E-state index >= 15 is 0 Å². The van der Waals surface area contributed by atoms with Crippen molar-refractivity contribution < 1.29 is 4.79 Å². The number of fused-ring (bicyclic) bond motifs is 1. The topological polar surface area (TPSA) is 22.0 Å². The minimum Gasteiger partial charge on any atom is -0.341 e. The summed E-state index contributed by atoms with van der Waals surface area (Å²) < 4.78 is 2.30. The summed E-state index contributed by atoms with van der Waals surface area (Å²) in [6.45, 7) is 4.26. The van der Waals surface area contributed by atoms with Crippen molar-refractivity contribution in [3.05, 3.63) is 57.9 Å².